The number of thiazole rings is 1. The molecule has 20 nitrogen and oxygen atoms in total. The van der Waals surface area contributed by atoms with Gasteiger partial charge in [0.1, 0.15) is 41.4 Å². The quantitative estimate of drug-likeness (QED) is 0.0518. The number of methoxy groups -OCH3 is 1. The fraction of sp³-hybridized carbons (Fsp3) is 0.400. The van der Waals surface area contributed by atoms with E-state index in [0.29, 0.717) is 53.2 Å². The minimum atomic E-state index is -0.860. The minimum absolute atomic E-state index is 0.0123. The summed E-state index contributed by atoms with van der Waals surface area (Å²) in [7, 11) is 1.59. The SMILES string of the molecule is COCOc1ccccc1-c1cc(N2CC3CCC(C2)N3c2ccnc(O[C@H]3C[C@H](Oc4ccc(C#CCOc5cc(C(C(=O)N6C[C@H](O)C[C@H]6C(=O)N[C@@H](C)c6ccc(-c7scnc7C)cc6)C(C)C)on5)nc4)C3)c2)c(N)nn1. The van der Waals surface area contributed by atoms with Gasteiger partial charge in [0.2, 0.25) is 17.7 Å². The van der Waals surface area contributed by atoms with Gasteiger partial charge in [-0.2, -0.15) is 0 Å². The predicted octanol–water partition coefficient (Wildman–Crippen LogP) is 7.77. The topological polar surface area (TPSA) is 239 Å². The summed E-state index contributed by atoms with van der Waals surface area (Å²) in [6, 6.07) is 26.4. The van der Waals surface area contributed by atoms with Crippen molar-refractivity contribution in [2.45, 2.75) is 108 Å². The number of piperazine rings is 1. The summed E-state index contributed by atoms with van der Waals surface area (Å²) in [5.74, 6) is 7.03. The van der Waals surface area contributed by atoms with Crippen molar-refractivity contribution >= 4 is 40.3 Å². The van der Waals surface area contributed by atoms with E-state index in [4.69, 9.17) is 33.9 Å². The van der Waals surface area contributed by atoms with E-state index in [1.165, 1.54) is 4.90 Å². The van der Waals surface area contributed by atoms with Gasteiger partial charge in [-0.1, -0.05) is 56.2 Å². The van der Waals surface area contributed by atoms with E-state index in [1.807, 2.05) is 106 Å². The molecule has 2 aromatic carbocycles. The predicted molar refractivity (Wildman–Crippen MR) is 304 cm³/mol. The Balaban J connectivity index is 0.627. The van der Waals surface area contributed by atoms with E-state index in [9.17, 15) is 14.7 Å². The Morgan fingerprint density at radius 3 is 2.42 bits per heavy atom. The van der Waals surface area contributed by atoms with Crippen LogP contribution in [0.25, 0.3) is 21.7 Å². The first-order valence-electron chi connectivity index (χ1n) is 27.4. The third kappa shape index (κ3) is 12.2. The lowest BCUT2D eigenvalue weighted by molar-refractivity contribution is -0.141. The van der Waals surface area contributed by atoms with Gasteiger partial charge in [0.05, 0.1) is 45.8 Å². The molecular weight excluding hydrogens is 1050 g/mol. The number of benzene rings is 2. The van der Waals surface area contributed by atoms with E-state index in [1.54, 1.807) is 36.8 Å². The summed E-state index contributed by atoms with van der Waals surface area (Å²) in [5.41, 5.74) is 15.2. The smallest absolute Gasteiger partial charge is 0.255 e. The number of anilines is 3. The molecule has 11 rings (SSSR count). The molecule has 3 saturated heterocycles. The van der Waals surface area contributed by atoms with Crippen LogP contribution in [-0.4, -0.2) is 129 Å². The van der Waals surface area contributed by atoms with Crippen LogP contribution in [0.2, 0.25) is 0 Å². The second kappa shape index (κ2) is 24.2. The number of rotatable bonds is 19. The molecule has 5 aromatic heterocycles. The van der Waals surface area contributed by atoms with Crippen LogP contribution in [0.1, 0.15) is 87.5 Å². The third-order valence-corrected chi connectivity index (χ3v) is 16.4. The van der Waals surface area contributed by atoms with Crippen molar-refractivity contribution in [2.75, 3.05) is 55.7 Å². The van der Waals surface area contributed by atoms with Crippen molar-refractivity contribution in [1.29, 1.82) is 0 Å². The number of likely N-dealkylation sites (tertiary alicyclic amines) is 1. The molecule has 7 aromatic rings. The molecule has 6 atom stereocenters. The zero-order chi connectivity index (χ0) is 56.1. The zero-order valence-corrected chi connectivity index (χ0v) is 46.6. The van der Waals surface area contributed by atoms with E-state index < -0.39 is 18.1 Å². The van der Waals surface area contributed by atoms with Crippen LogP contribution in [0.15, 0.2) is 107 Å². The normalized spacial score (nSPS) is 21.0. The first-order valence-corrected chi connectivity index (χ1v) is 28.2. The Morgan fingerprint density at radius 2 is 1.68 bits per heavy atom. The van der Waals surface area contributed by atoms with E-state index >= 15 is 0 Å². The Bertz CT molecular complexity index is 3380. The van der Waals surface area contributed by atoms with Gasteiger partial charge in [0, 0.05) is 87.7 Å². The lowest BCUT2D eigenvalue weighted by Gasteiger charge is -2.43. The molecule has 0 radical (unpaired) electrons. The number of aliphatic hydroxyl groups is 1. The summed E-state index contributed by atoms with van der Waals surface area (Å²) in [6.45, 7) is 9.37. The Kier molecular flexibility index (Phi) is 16.3. The maximum absolute atomic E-state index is 14.2. The number of pyridine rings is 2. The van der Waals surface area contributed by atoms with Crippen LogP contribution in [0.5, 0.6) is 23.3 Å². The number of amides is 2. The number of fused-ring (bicyclic) bond motifs is 2. The van der Waals surface area contributed by atoms with Crippen molar-refractivity contribution in [3.8, 4) is 56.8 Å². The van der Waals surface area contributed by atoms with Gasteiger partial charge in [-0.15, -0.1) is 21.5 Å². The largest absolute Gasteiger partial charge is 0.489 e. The minimum Gasteiger partial charge on any atom is -0.489 e. The molecule has 2 bridgehead atoms. The number of hydrogen-bond donors (Lipinski definition) is 3. The lowest BCUT2D eigenvalue weighted by atomic mass is 9.91. The van der Waals surface area contributed by atoms with Crippen LogP contribution in [0, 0.1) is 24.7 Å². The average Bonchev–Trinajstić information content (AvgIpc) is 4.48. The molecular formula is C60H65N11O9S. The molecule has 420 valence electrons. The number of nitrogens with two attached hydrogens (primary N) is 1. The van der Waals surface area contributed by atoms with Gasteiger partial charge >= 0.3 is 0 Å². The van der Waals surface area contributed by atoms with Crippen LogP contribution in [0.4, 0.5) is 17.2 Å². The summed E-state index contributed by atoms with van der Waals surface area (Å²) in [6.07, 6.45) is 6.21. The van der Waals surface area contributed by atoms with Crippen LogP contribution >= 0.6 is 11.3 Å². The van der Waals surface area contributed by atoms with Crippen molar-refractivity contribution < 1.29 is 42.9 Å². The molecule has 8 heterocycles. The van der Waals surface area contributed by atoms with Crippen LogP contribution < -0.4 is 39.8 Å². The van der Waals surface area contributed by atoms with Gasteiger partial charge in [0.15, 0.2) is 25.0 Å². The molecule has 1 saturated carbocycles. The highest BCUT2D eigenvalue weighted by Crippen LogP contribution is 2.41. The Labute approximate surface area is 473 Å². The Morgan fingerprint density at radius 1 is 0.889 bits per heavy atom. The molecule has 21 heteroatoms. The number of carbonyl (C=O) groups is 2. The van der Waals surface area contributed by atoms with Crippen molar-refractivity contribution in [3.63, 3.8) is 0 Å². The maximum atomic E-state index is 14.2. The standard InChI is InChI=1S/C60H65N11O9S/c1-35(2)56(60(74)70-32-44(72)24-51(70)59(73)65-36(3)38-12-14-39(15-13-38)57-37(4)64-33-81-57)53-28-55(68-80-53)76-22-8-9-40-16-19-45(29-63-40)78-46-25-47(26-46)79-54-23-41(20-21-62-54)71-42-17-18-43(71)31-69(30-42)50-27-49(66-67-58(50)61)48-10-6-7-11-52(48)77-34-75-5/h6-7,10-16,19-21,23,27-29,33,35-36,42-44,46-47,51,56,72H,17-18,22,24-26,30-32,34H2,1-5H3,(H2,61,67)(H,65,73)/t36-,42?,43?,44+,46-,47-,51-,56?/m0/s1. The second-order valence-corrected chi connectivity index (χ2v) is 22.2. The van der Waals surface area contributed by atoms with Crippen LogP contribution in [0.3, 0.4) is 0 Å². The number of β-amino-alcohol motifs (C(OH)–C–C–N with tert-alkyl or cyclic N) is 1. The monoisotopic (exact) mass is 1120 g/mol. The van der Waals surface area contributed by atoms with Gasteiger partial charge < -0.3 is 59.1 Å². The average molecular weight is 1120 g/mol. The van der Waals surface area contributed by atoms with E-state index in [0.717, 1.165) is 64.6 Å². The highest BCUT2D eigenvalue weighted by atomic mass is 32.1. The number of nitrogen functional groups attached to an aromatic ring is 1. The maximum Gasteiger partial charge on any atom is 0.255 e. The van der Waals surface area contributed by atoms with E-state index in [-0.39, 0.29) is 80.3 Å². The number of carbonyl (C=O) groups excluding carboxylic acids is 2. The Hall–Kier alpha value is -8.32. The molecule has 1 aliphatic carbocycles. The molecule has 3 aliphatic heterocycles. The number of ether oxygens (including phenoxy) is 5. The molecule has 3 unspecified atom stereocenters. The fourth-order valence-electron chi connectivity index (χ4n) is 11.3. The number of aliphatic hydroxyl groups excluding tert-OH is 1. The molecule has 81 heavy (non-hydrogen) atoms. The summed E-state index contributed by atoms with van der Waals surface area (Å²) in [5, 5.41) is 26.6. The first kappa shape index (κ1) is 54.6. The zero-order valence-electron chi connectivity index (χ0n) is 45.8. The number of nitrogens with zero attached hydrogens (tertiary/aromatic N) is 9. The summed E-state index contributed by atoms with van der Waals surface area (Å²) in [4.78, 5) is 48.7. The fourth-order valence-corrected chi connectivity index (χ4v) is 12.1. The number of aromatic nitrogens is 6. The number of hydrogen-bond acceptors (Lipinski definition) is 19. The van der Waals surface area contributed by atoms with Gasteiger partial charge in [0.25, 0.3) is 5.88 Å². The third-order valence-electron chi connectivity index (χ3n) is 15.4. The van der Waals surface area contributed by atoms with Crippen LogP contribution in [-0.2, 0) is 14.3 Å². The van der Waals surface area contributed by atoms with E-state index in [2.05, 4.69) is 63.3 Å². The molecule has 4 aliphatic rings. The summed E-state index contributed by atoms with van der Waals surface area (Å²) >= 11 is 1.58. The molecule has 0 spiro atoms. The van der Waals surface area contributed by atoms with Crippen molar-refractivity contribution in [2.24, 2.45) is 5.92 Å². The number of para-hydroxylation sites is 1. The van der Waals surface area contributed by atoms with Gasteiger partial charge in [-0.3, -0.25) is 9.59 Å². The van der Waals surface area contributed by atoms with Gasteiger partial charge in [-0.25, -0.2) is 15.0 Å². The highest BCUT2D eigenvalue weighted by Gasteiger charge is 2.44. The second-order valence-electron chi connectivity index (χ2n) is 21.3. The van der Waals surface area contributed by atoms with Gasteiger partial charge in [-0.05, 0) is 91.2 Å². The van der Waals surface area contributed by atoms with Crippen molar-refractivity contribution in [1.82, 2.24) is 40.5 Å². The lowest BCUT2D eigenvalue weighted by Crippen LogP contribution is -2.54. The number of nitrogens with one attached hydrogen (secondary N) is 1. The highest BCUT2D eigenvalue weighted by molar-refractivity contribution is 7.13. The van der Waals surface area contributed by atoms with Crippen molar-refractivity contribution in [3.05, 3.63) is 126 Å². The number of aryl methyl sites for hydroxylation is 1. The molecule has 4 N–H and O–H groups in total. The first-order chi connectivity index (χ1) is 39.3. The summed E-state index contributed by atoms with van der Waals surface area (Å²) < 4.78 is 35.0. The molecule has 4 fully saturated rings. The molecule has 2 amide bonds.